The van der Waals surface area contributed by atoms with Crippen LogP contribution in [0.25, 0.3) is 6.08 Å². The lowest BCUT2D eigenvalue weighted by Crippen LogP contribution is -2.54. The molecule has 0 aromatic heterocycles. The summed E-state index contributed by atoms with van der Waals surface area (Å²) in [5, 5.41) is 2.27. The molecule has 0 unspecified atom stereocenters. The fraction of sp³-hybridized carbons (Fsp3) is 0. The number of benzene rings is 2. The van der Waals surface area contributed by atoms with Gasteiger partial charge in [-0.3, -0.25) is 14.9 Å². The molecule has 1 aliphatic heterocycles. The van der Waals surface area contributed by atoms with Gasteiger partial charge in [0.05, 0.1) is 5.69 Å². The zero-order valence-corrected chi connectivity index (χ0v) is 14.5. The Kier molecular flexibility index (Phi) is 4.55. The van der Waals surface area contributed by atoms with Crippen molar-refractivity contribution < 1.29 is 14.0 Å². The second-order valence-corrected chi connectivity index (χ2v) is 6.27. The second kappa shape index (κ2) is 6.62. The summed E-state index contributed by atoms with van der Waals surface area (Å²) in [6.07, 6.45) is 1.44. The molecule has 0 aliphatic carbocycles. The molecule has 1 aliphatic rings. The fourth-order valence-corrected chi connectivity index (χ4v) is 2.96. The van der Waals surface area contributed by atoms with Gasteiger partial charge in [0.1, 0.15) is 11.4 Å². The summed E-state index contributed by atoms with van der Waals surface area (Å²) in [7, 11) is 0. The lowest BCUT2D eigenvalue weighted by Gasteiger charge is -2.29. The maximum Gasteiger partial charge on any atom is 0.270 e. The van der Waals surface area contributed by atoms with Crippen molar-refractivity contribution in [2.24, 2.45) is 0 Å². The lowest BCUT2D eigenvalue weighted by atomic mass is 10.1. The van der Waals surface area contributed by atoms with E-state index in [0.717, 1.165) is 9.37 Å². The predicted octanol–water partition coefficient (Wildman–Crippen LogP) is 3.42. The molecule has 4 nitrogen and oxygen atoms in total. The third-order valence-electron chi connectivity index (χ3n) is 3.35. The standard InChI is InChI=1S/C17H10BrFN2O2S/c18-11-5-3-4-10(8-11)9-12-15(22)20-17(24)21(16(12)23)14-7-2-1-6-13(14)19/h1-9H,(H,20,22,24)/b12-9+. The summed E-state index contributed by atoms with van der Waals surface area (Å²) in [4.78, 5) is 25.8. The van der Waals surface area contributed by atoms with Crippen molar-refractivity contribution >= 4 is 56.8 Å². The van der Waals surface area contributed by atoms with Crippen LogP contribution in [-0.4, -0.2) is 16.9 Å². The molecule has 0 bridgehead atoms. The summed E-state index contributed by atoms with van der Waals surface area (Å²) < 4.78 is 14.8. The molecule has 0 radical (unpaired) electrons. The molecule has 2 amide bonds. The van der Waals surface area contributed by atoms with Crippen LogP contribution in [0.2, 0.25) is 0 Å². The maximum absolute atomic E-state index is 14.0. The minimum atomic E-state index is -0.672. The van der Waals surface area contributed by atoms with Crippen LogP contribution in [0.15, 0.2) is 58.6 Å². The molecular formula is C17H10BrFN2O2S. The smallest absolute Gasteiger partial charge is 0.270 e. The SMILES string of the molecule is O=C1NC(=S)N(c2ccccc2F)C(=O)/C1=C/c1cccc(Br)c1. The van der Waals surface area contributed by atoms with E-state index in [1.165, 1.54) is 24.3 Å². The molecular weight excluding hydrogens is 395 g/mol. The van der Waals surface area contributed by atoms with E-state index in [9.17, 15) is 14.0 Å². The van der Waals surface area contributed by atoms with Gasteiger partial charge in [-0.05, 0) is 48.1 Å². The molecule has 1 N–H and O–H groups in total. The molecule has 1 fully saturated rings. The monoisotopic (exact) mass is 404 g/mol. The number of carbonyl (C=O) groups excluding carboxylic acids is 2. The highest BCUT2D eigenvalue weighted by molar-refractivity contribution is 9.10. The summed E-state index contributed by atoms with van der Waals surface area (Å²) >= 11 is 8.36. The predicted molar refractivity (Wildman–Crippen MR) is 96.7 cm³/mol. The minimum absolute atomic E-state index is 0.00681. The van der Waals surface area contributed by atoms with E-state index in [4.69, 9.17) is 12.2 Å². The Morgan fingerprint density at radius 2 is 1.88 bits per heavy atom. The van der Waals surface area contributed by atoms with Gasteiger partial charge in [-0.25, -0.2) is 9.29 Å². The molecule has 3 rings (SSSR count). The summed E-state index contributed by atoms with van der Waals surface area (Å²) in [5.41, 5.74) is 0.529. The van der Waals surface area contributed by atoms with E-state index < -0.39 is 17.6 Å². The summed E-state index contributed by atoms with van der Waals surface area (Å²) in [6, 6.07) is 12.8. The van der Waals surface area contributed by atoms with Gasteiger partial charge in [-0.1, -0.05) is 40.2 Å². The van der Waals surface area contributed by atoms with Crippen molar-refractivity contribution in [3.05, 3.63) is 70.0 Å². The Morgan fingerprint density at radius 1 is 1.12 bits per heavy atom. The Labute approximate surface area is 151 Å². The van der Waals surface area contributed by atoms with Gasteiger partial charge in [-0.2, -0.15) is 0 Å². The Balaban J connectivity index is 2.05. The molecule has 24 heavy (non-hydrogen) atoms. The molecule has 1 saturated heterocycles. The first-order chi connectivity index (χ1) is 11.5. The van der Waals surface area contributed by atoms with Crippen molar-refractivity contribution in [2.75, 3.05) is 4.90 Å². The third kappa shape index (κ3) is 3.13. The van der Waals surface area contributed by atoms with Gasteiger partial charge in [-0.15, -0.1) is 0 Å². The van der Waals surface area contributed by atoms with E-state index >= 15 is 0 Å². The quantitative estimate of drug-likeness (QED) is 0.473. The Hall–Kier alpha value is -2.38. The first-order valence-corrected chi connectivity index (χ1v) is 8.09. The third-order valence-corrected chi connectivity index (χ3v) is 4.13. The minimum Gasteiger partial charge on any atom is -0.298 e. The Bertz CT molecular complexity index is 898. The molecule has 2 aromatic carbocycles. The van der Waals surface area contributed by atoms with Crippen LogP contribution in [-0.2, 0) is 9.59 Å². The first-order valence-electron chi connectivity index (χ1n) is 6.89. The number of rotatable bonds is 2. The number of para-hydroxylation sites is 1. The average Bonchev–Trinajstić information content (AvgIpc) is 2.53. The van der Waals surface area contributed by atoms with Gasteiger partial charge in [0, 0.05) is 4.47 Å². The number of anilines is 1. The van der Waals surface area contributed by atoms with Crippen LogP contribution >= 0.6 is 28.1 Å². The van der Waals surface area contributed by atoms with Crippen LogP contribution in [0.3, 0.4) is 0 Å². The zero-order valence-electron chi connectivity index (χ0n) is 12.1. The van der Waals surface area contributed by atoms with Gasteiger partial charge < -0.3 is 0 Å². The van der Waals surface area contributed by atoms with Crippen molar-refractivity contribution in [1.29, 1.82) is 0 Å². The van der Waals surface area contributed by atoms with Gasteiger partial charge in [0.25, 0.3) is 11.8 Å². The molecule has 2 aromatic rings. The highest BCUT2D eigenvalue weighted by Gasteiger charge is 2.35. The number of amides is 2. The van der Waals surface area contributed by atoms with Crippen LogP contribution in [0.4, 0.5) is 10.1 Å². The summed E-state index contributed by atoms with van der Waals surface area (Å²) in [5.74, 6) is -1.89. The number of hydrogen-bond acceptors (Lipinski definition) is 3. The molecule has 0 saturated carbocycles. The molecule has 1 heterocycles. The first kappa shape index (κ1) is 16.5. The van der Waals surface area contributed by atoms with Crippen LogP contribution in [0, 0.1) is 5.82 Å². The second-order valence-electron chi connectivity index (χ2n) is 4.96. The fourth-order valence-electron chi connectivity index (χ4n) is 2.27. The number of carbonyl (C=O) groups is 2. The van der Waals surface area contributed by atoms with Crippen molar-refractivity contribution in [3.8, 4) is 0 Å². The van der Waals surface area contributed by atoms with E-state index in [-0.39, 0.29) is 16.4 Å². The van der Waals surface area contributed by atoms with E-state index in [0.29, 0.717) is 5.56 Å². The zero-order chi connectivity index (χ0) is 17.3. The normalized spacial score (nSPS) is 16.5. The number of halogens is 2. The average molecular weight is 405 g/mol. The number of nitrogens with one attached hydrogen (secondary N) is 1. The van der Waals surface area contributed by atoms with Gasteiger partial charge in [0.2, 0.25) is 0 Å². The largest absolute Gasteiger partial charge is 0.298 e. The van der Waals surface area contributed by atoms with E-state index in [1.54, 1.807) is 24.3 Å². The molecule has 0 atom stereocenters. The maximum atomic E-state index is 14.0. The van der Waals surface area contributed by atoms with Crippen molar-refractivity contribution in [2.45, 2.75) is 0 Å². The number of hydrogen-bond donors (Lipinski definition) is 1. The van der Waals surface area contributed by atoms with Crippen LogP contribution < -0.4 is 10.2 Å². The highest BCUT2D eigenvalue weighted by Crippen LogP contribution is 2.25. The van der Waals surface area contributed by atoms with Gasteiger partial charge >= 0.3 is 0 Å². The molecule has 120 valence electrons. The number of nitrogens with zero attached hydrogens (tertiary/aromatic N) is 1. The highest BCUT2D eigenvalue weighted by atomic mass is 79.9. The Morgan fingerprint density at radius 3 is 2.58 bits per heavy atom. The molecule has 7 heteroatoms. The topological polar surface area (TPSA) is 49.4 Å². The van der Waals surface area contributed by atoms with Crippen molar-refractivity contribution in [1.82, 2.24) is 5.32 Å². The number of thiocarbonyl (C=S) groups is 1. The van der Waals surface area contributed by atoms with Crippen LogP contribution in [0.1, 0.15) is 5.56 Å². The lowest BCUT2D eigenvalue weighted by molar-refractivity contribution is -0.122. The van der Waals surface area contributed by atoms with Gasteiger partial charge in [0.15, 0.2) is 5.11 Å². The van der Waals surface area contributed by atoms with E-state index in [2.05, 4.69) is 21.2 Å². The molecule has 0 spiro atoms. The van der Waals surface area contributed by atoms with Crippen molar-refractivity contribution in [3.63, 3.8) is 0 Å². The van der Waals surface area contributed by atoms with Crippen LogP contribution in [0.5, 0.6) is 0 Å². The summed E-state index contributed by atoms with van der Waals surface area (Å²) in [6.45, 7) is 0. The van der Waals surface area contributed by atoms with E-state index in [1.807, 2.05) is 6.07 Å².